The first kappa shape index (κ1) is 18.6. The van der Waals surface area contributed by atoms with Gasteiger partial charge in [-0.15, -0.1) is 0 Å². The Hall–Kier alpha value is -1.74. The van der Waals surface area contributed by atoms with Gasteiger partial charge < -0.3 is 14.6 Å². The summed E-state index contributed by atoms with van der Waals surface area (Å²) in [7, 11) is 0. The third-order valence-electron chi connectivity index (χ3n) is 3.74. The first-order chi connectivity index (χ1) is 11.6. The molecule has 3 atom stereocenters. The Balaban J connectivity index is 1.84. The number of hydrogen-bond acceptors (Lipinski definition) is 5. The van der Waals surface area contributed by atoms with E-state index in [1.807, 2.05) is 16.9 Å². The largest absolute Gasteiger partial charge is 0.508 e. The van der Waals surface area contributed by atoms with E-state index in [0.717, 1.165) is 18.4 Å². The molecule has 1 saturated heterocycles. The highest BCUT2D eigenvalue weighted by molar-refractivity contribution is 7.77. The van der Waals surface area contributed by atoms with Crippen LogP contribution in [-0.2, 0) is 25.5 Å². The lowest BCUT2D eigenvalue weighted by Crippen LogP contribution is -2.28. The van der Waals surface area contributed by atoms with Crippen LogP contribution in [0.3, 0.4) is 0 Å². The predicted molar refractivity (Wildman–Crippen MR) is 88.1 cm³/mol. The molecule has 3 N–H and O–H groups in total. The number of aromatic hydroxyl groups is 1. The fourth-order valence-electron chi connectivity index (χ4n) is 2.66. The number of hydrogen-bond donors (Lipinski definition) is 3. The van der Waals surface area contributed by atoms with Crippen LogP contribution in [0.15, 0.2) is 36.4 Å². The zero-order valence-corrected chi connectivity index (χ0v) is 13.9. The van der Waals surface area contributed by atoms with Crippen LogP contribution in [0.1, 0.15) is 30.9 Å². The maximum absolute atomic E-state index is 11.2. The summed E-state index contributed by atoms with van der Waals surface area (Å²) in [6.07, 6.45) is 4.92. The standard InChI is InChI=1S/C16H21NO6S/c18-14-8-5-4-7-13(14)16-12(10-22-11-23-16)6-2-1-3-9-15(19)17-24(20)21/h3-5,7-9,12,16,18H,1-2,6,10-11H2,(H,17,19)(H,20,21). The van der Waals surface area contributed by atoms with E-state index in [2.05, 4.69) is 0 Å². The summed E-state index contributed by atoms with van der Waals surface area (Å²) in [5, 5.41) is 10.0. The molecule has 1 aromatic rings. The number of carbonyl (C=O) groups is 1. The fourth-order valence-corrected chi connectivity index (χ4v) is 2.90. The van der Waals surface area contributed by atoms with E-state index in [0.29, 0.717) is 13.0 Å². The molecule has 24 heavy (non-hydrogen) atoms. The van der Waals surface area contributed by atoms with Gasteiger partial charge in [0, 0.05) is 11.5 Å². The van der Waals surface area contributed by atoms with E-state index in [9.17, 15) is 14.1 Å². The van der Waals surface area contributed by atoms with Gasteiger partial charge in [-0.1, -0.05) is 24.3 Å². The number of para-hydroxylation sites is 1. The number of ether oxygens (including phenoxy) is 2. The Morgan fingerprint density at radius 3 is 2.96 bits per heavy atom. The van der Waals surface area contributed by atoms with Crippen LogP contribution >= 0.6 is 0 Å². The van der Waals surface area contributed by atoms with Crippen LogP contribution in [0.4, 0.5) is 0 Å². The second-order valence-electron chi connectivity index (χ2n) is 5.44. The van der Waals surface area contributed by atoms with Crippen LogP contribution in [0.25, 0.3) is 0 Å². The second kappa shape index (κ2) is 9.53. The van der Waals surface area contributed by atoms with Crippen LogP contribution in [0.2, 0.25) is 0 Å². The first-order valence-corrected chi connectivity index (χ1v) is 8.74. The summed E-state index contributed by atoms with van der Waals surface area (Å²) < 4.78 is 31.8. The van der Waals surface area contributed by atoms with Crippen molar-refractivity contribution in [1.29, 1.82) is 0 Å². The van der Waals surface area contributed by atoms with Crippen molar-refractivity contribution in [1.82, 2.24) is 4.72 Å². The molecular formula is C16H21NO6S. The molecule has 1 aromatic carbocycles. The Labute approximate surface area is 143 Å². The monoisotopic (exact) mass is 355 g/mol. The highest BCUT2D eigenvalue weighted by atomic mass is 32.2. The van der Waals surface area contributed by atoms with Crippen molar-refractivity contribution in [3.8, 4) is 5.75 Å². The number of unbranched alkanes of at least 4 members (excludes halogenated alkanes) is 1. The Kier molecular flexibility index (Phi) is 7.38. The third-order valence-corrected chi connectivity index (χ3v) is 4.11. The number of benzene rings is 1. The van der Waals surface area contributed by atoms with E-state index in [4.69, 9.17) is 14.0 Å². The number of phenolic OH excluding ortho intramolecular Hbond substituents is 1. The van der Waals surface area contributed by atoms with Gasteiger partial charge in [0.2, 0.25) is 0 Å². The number of amides is 1. The van der Waals surface area contributed by atoms with Gasteiger partial charge in [0.1, 0.15) is 12.5 Å². The van der Waals surface area contributed by atoms with Crippen LogP contribution < -0.4 is 4.72 Å². The maximum Gasteiger partial charge on any atom is 0.261 e. The molecular weight excluding hydrogens is 334 g/mol. The lowest BCUT2D eigenvalue weighted by molar-refractivity contribution is -0.174. The zero-order valence-electron chi connectivity index (χ0n) is 13.1. The molecule has 0 radical (unpaired) electrons. The van der Waals surface area contributed by atoms with Crippen molar-refractivity contribution in [2.45, 2.75) is 25.4 Å². The Morgan fingerprint density at radius 1 is 1.42 bits per heavy atom. The van der Waals surface area contributed by atoms with Crippen molar-refractivity contribution in [2.75, 3.05) is 13.4 Å². The SMILES string of the molecule is O=C(C=CCCCC1COCOC1c1ccccc1O)NS(=O)O. The molecule has 132 valence electrons. The average Bonchev–Trinajstić information content (AvgIpc) is 2.55. The minimum absolute atomic E-state index is 0.110. The lowest BCUT2D eigenvalue weighted by atomic mass is 9.90. The number of carbonyl (C=O) groups excluding carboxylic acids is 1. The van der Waals surface area contributed by atoms with Crippen LogP contribution in [0, 0.1) is 5.92 Å². The molecule has 1 amide bonds. The number of rotatable bonds is 7. The van der Waals surface area contributed by atoms with Gasteiger partial charge in [0.05, 0.1) is 12.7 Å². The molecule has 8 heteroatoms. The van der Waals surface area contributed by atoms with Gasteiger partial charge in [-0.05, 0) is 31.4 Å². The van der Waals surface area contributed by atoms with Gasteiger partial charge in [-0.3, -0.25) is 9.35 Å². The van der Waals surface area contributed by atoms with Crippen molar-refractivity contribution in [3.05, 3.63) is 42.0 Å². The normalized spacial score (nSPS) is 22.4. The molecule has 1 aliphatic rings. The van der Waals surface area contributed by atoms with Gasteiger partial charge >= 0.3 is 0 Å². The fraction of sp³-hybridized carbons (Fsp3) is 0.438. The number of allylic oxidation sites excluding steroid dienone is 1. The molecule has 1 heterocycles. The number of phenols is 1. The Bertz CT molecular complexity index is 606. The highest BCUT2D eigenvalue weighted by Crippen LogP contribution is 2.37. The molecule has 0 aromatic heterocycles. The van der Waals surface area contributed by atoms with Gasteiger partial charge in [-0.2, -0.15) is 0 Å². The van der Waals surface area contributed by atoms with Gasteiger partial charge in [-0.25, -0.2) is 8.93 Å². The summed E-state index contributed by atoms with van der Waals surface area (Å²) in [6, 6.07) is 7.11. The van der Waals surface area contributed by atoms with Gasteiger partial charge in [0.15, 0.2) is 0 Å². The molecule has 1 fully saturated rings. The van der Waals surface area contributed by atoms with E-state index in [1.165, 1.54) is 6.08 Å². The molecule has 1 aliphatic heterocycles. The van der Waals surface area contributed by atoms with Crippen molar-refractivity contribution >= 4 is 17.2 Å². The maximum atomic E-state index is 11.2. The summed E-state index contributed by atoms with van der Waals surface area (Å²) in [5.41, 5.74) is 0.756. The third kappa shape index (κ3) is 5.72. The first-order valence-electron chi connectivity index (χ1n) is 7.63. The van der Waals surface area contributed by atoms with E-state index in [-0.39, 0.29) is 24.6 Å². The van der Waals surface area contributed by atoms with E-state index in [1.54, 1.807) is 18.2 Å². The molecule has 0 aliphatic carbocycles. The topological polar surface area (TPSA) is 105 Å². The van der Waals surface area contributed by atoms with Crippen LogP contribution in [0.5, 0.6) is 5.75 Å². The quantitative estimate of drug-likeness (QED) is 0.393. The molecule has 2 rings (SSSR count). The van der Waals surface area contributed by atoms with E-state index >= 15 is 0 Å². The summed E-state index contributed by atoms with van der Waals surface area (Å²) >= 11 is -2.34. The summed E-state index contributed by atoms with van der Waals surface area (Å²) in [4.78, 5) is 11.2. The van der Waals surface area contributed by atoms with Crippen molar-refractivity contribution < 1.29 is 28.1 Å². The lowest BCUT2D eigenvalue weighted by Gasteiger charge is -2.32. The second-order valence-corrected chi connectivity index (χ2v) is 6.15. The summed E-state index contributed by atoms with van der Waals surface area (Å²) in [5.74, 6) is -0.283. The highest BCUT2D eigenvalue weighted by Gasteiger charge is 2.29. The molecule has 7 nitrogen and oxygen atoms in total. The predicted octanol–water partition coefficient (Wildman–Crippen LogP) is 2.03. The zero-order chi connectivity index (χ0) is 17.4. The summed E-state index contributed by atoms with van der Waals surface area (Å²) in [6.45, 7) is 0.751. The minimum atomic E-state index is -2.34. The number of nitrogens with one attached hydrogen (secondary N) is 1. The average molecular weight is 355 g/mol. The molecule has 0 spiro atoms. The smallest absolute Gasteiger partial charge is 0.261 e. The van der Waals surface area contributed by atoms with Crippen LogP contribution in [-0.4, -0.2) is 33.2 Å². The van der Waals surface area contributed by atoms with Crippen molar-refractivity contribution in [3.63, 3.8) is 0 Å². The molecule has 3 unspecified atom stereocenters. The molecule has 0 saturated carbocycles. The van der Waals surface area contributed by atoms with E-state index < -0.39 is 17.2 Å². The molecule has 0 bridgehead atoms. The van der Waals surface area contributed by atoms with Crippen molar-refractivity contribution in [2.24, 2.45) is 5.92 Å². The van der Waals surface area contributed by atoms with Gasteiger partial charge in [0.25, 0.3) is 17.2 Å². The minimum Gasteiger partial charge on any atom is -0.508 e. The Morgan fingerprint density at radius 2 is 2.21 bits per heavy atom.